The molecule has 2 aromatic rings. The molecule has 1 saturated carbocycles. The van der Waals surface area contributed by atoms with Gasteiger partial charge in [-0.05, 0) is 44.7 Å². The van der Waals surface area contributed by atoms with E-state index in [0.717, 1.165) is 11.6 Å². The highest BCUT2D eigenvalue weighted by Gasteiger charge is 2.26. The van der Waals surface area contributed by atoms with Gasteiger partial charge in [0.15, 0.2) is 0 Å². The molecule has 1 aromatic carbocycles. The van der Waals surface area contributed by atoms with Crippen molar-refractivity contribution in [3.63, 3.8) is 0 Å². The Labute approximate surface area is 108 Å². The lowest BCUT2D eigenvalue weighted by Crippen LogP contribution is -2.03. The standard InChI is InChI=1S/C15H19N3/c1-10-5-4-6-11(2)14(10)17-15-16-12(3)9-18(15)13-7-8-13/h4-6,9,13H,7-8H2,1-3H3,(H,16,17). The van der Waals surface area contributed by atoms with E-state index in [4.69, 9.17) is 0 Å². The highest BCUT2D eigenvalue weighted by atomic mass is 15.2. The fourth-order valence-corrected chi connectivity index (χ4v) is 2.36. The van der Waals surface area contributed by atoms with Crippen LogP contribution in [0.2, 0.25) is 0 Å². The number of hydrogen-bond donors (Lipinski definition) is 1. The van der Waals surface area contributed by atoms with Gasteiger partial charge in [-0.2, -0.15) is 0 Å². The van der Waals surface area contributed by atoms with Crippen molar-refractivity contribution in [1.82, 2.24) is 9.55 Å². The molecule has 0 atom stereocenters. The Kier molecular flexibility index (Phi) is 2.62. The number of aryl methyl sites for hydroxylation is 3. The Bertz CT molecular complexity index is 559. The summed E-state index contributed by atoms with van der Waals surface area (Å²) in [5.41, 5.74) is 4.79. The molecule has 3 rings (SSSR count). The number of hydrogen-bond acceptors (Lipinski definition) is 2. The largest absolute Gasteiger partial charge is 0.325 e. The quantitative estimate of drug-likeness (QED) is 0.883. The molecule has 3 nitrogen and oxygen atoms in total. The zero-order valence-electron chi connectivity index (χ0n) is 11.2. The van der Waals surface area contributed by atoms with Crippen LogP contribution in [-0.2, 0) is 0 Å². The van der Waals surface area contributed by atoms with Gasteiger partial charge < -0.3 is 9.88 Å². The topological polar surface area (TPSA) is 29.9 Å². The van der Waals surface area contributed by atoms with Gasteiger partial charge in [0.1, 0.15) is 0 Å². The first-order valence-electron chi connectivity index (χ1n) is 6.54. The highest BCUT2D eigenvalue weighted by molar-refractivity contribution is 5.63. The smallest absolute Gasteiger partial charge is 0.207 e. The third-order valence-electron chi connectivity index (χ3n) is 3.51. The van der Waals surface area contributed by atoms with Crippen molar-refractivity contribution in [3.05, 3.63) is 41.2 Å². The molecule has 1 fully saturated rings. The number of anilines is 2. The van der Waals surface area contributed by atoms with E-state index in [1.165, 1.54) is 29.7 Å². The maximum atomic E-state index is 4.60. The molecule has 1 aliphatic carbocycles. The van der Waals surface area contributed by atoms with Crippen LogP contribution in [0.1, 0.15) is 35.7 Å². The molecule has 94 valence electrons. The fraction of sp³-hybridized carbons (Fsp3) is 0.400. The Balaban J connectivity index is 1.97. The minimum Gasteiger partial charge on any atom is -0.325 e. The number of aromatic nitrogens is 2. The van der Waals surface area contributed by atoms with E-state index in [9.17, 15) is 0 Å². The van der Waals surface area contributed by atoms with E-state index >= 15 is 0 Å². The summed E-state index contributed by atoms with van der Waals surface area (Å²) < 4.78 is 2.28. The third kappa shape index (κ3) is 2.01. The minimum atomic E-state index is 0.651. The summed E-state index contributed by atoms with van der Waals surface area (Å²) in [6, 6.07) is 7.01. The maximum absolute atomic E-state index is 4.60. The van der Waals surface area contributed by atoms with Crippen LogP contribution in [0.15, 0.2) is 24.4 Å². The first kappa shape index (κ1) is 11.3. The monoisotopic (exact) mass is 241 g/mol. The molecule has 0 unspecified atom stereocenters. The molecule has 1 aromatic heterocycles. The second-order valence-electron chi connectivity index (χ2n) is 5.24. The Morgan fingerprint density at radius 2 is 1.83 bits per heavy atom. The molecule has 1 N–H and O–H groups in total. The van der Waals surface area contributed by atoms with Crippen molar-refractivity contribution in [1.29, 1.82) is 0 Å². The van der Waals surface area contributed by atoms with Crippen molar-refractivity contribution in [2.45, 2.75) is 39.7 Å². The zero-order valence-corrected chi connectivity index (χ0v) is 11.2. The fourth-order valence-electron chi connectivity index (χ4n) is 2.36. The van der Waals surface area contributed by atoms with E-state index in [1.54, 1.807) is 0 Å². The van der Waals surface area contributed by atoms with Crippen LogP contribution >= 0.6 is 0 Å². The normalized spacial score (nSPS) is 14.8. The molecule has 1 aliphatic rings. The lowest BCUT2D eigenvalue weighted by atomic mass is 10.1. The first-order valence-corrected chi connectivity index (χ1v) is 6.54. The summed E-state index contributed by atoms with van der Waals surface area (Å²) in [5, 5.41) is 3.50. The third-order valence-corrected chi connectivity index (χ3v) is 3.51. The average Bonchev–Trinajstić information content (AvgIpc) is 3.09. The molecule has 0 spiro atoms. The molecular weight excluding hydrogens is 222 g/mol. The second-order valence-corrected chi connectivity index (χ2v) is 5.24. The summed E-state index contributed by atoms with van der Waals surface area (Å²) in [7, 11) is 0. The number of para-hydroxylation sites is 1. The van der Waals surface area contributed by atoms with Gasteiger partial charge in [-0.1, -0.05) is 18.2 Å². The van der Waals surface area contributed by atoms with Gasteiger partial charge in [0.25, 0.3) is 0 Å². The Hall–Kier alpha value is -1.77. The van der Waals surface area contributed by atoms with Crippen LogP contribution in [-0.4, -0.2) is 9.55 Å². The van der Waals surface area contributed by atoms with Crippen LogP contribution in [0.25, 0.3) is 0 Å². The molecule has 0 aliphatic heterocycles. The number of benzene rings is 1. The predicted octanol–water partition coefficient (Wildman–Crippen LogP) is 3.89. The lowest BCUT2D eigenvalue weighted by molar-refractivity contribution is 0.750. The molecule has 1 heterocycles. The van der Waals surface area contributed by atoms with Gasteiger partial charge in [0, 0.05) is 17.9 Å². The van der Waals surface area contributed by atoms with Gasteiger partial charge in [-0.25, -0.2) is 4.98 Å². The Morgan fingerprint density at radius 3 is 2.44 bits per heavy atom. The van der Waals surface area contributed by atoms with Gasteiger partial charge in [-0.15, -0.1) is 0 Å². The van der Waals surface area contributed by atoms with E-state index in [1.807, 2.05) is 0 Å². The van der Waals surface area contributed by atoms with E-state index in [2.05, 4.69) is 60.0 Å². The number of nitrogens with zero attached hydrogens (tertiary/aromatic N) is 2. The van der Waals surface area contributed by atoms with Crippen molar-refractivity contribution in [2.24, 2.45) is 0 Å². The average molecular weight is 241 g/mol. The van der Waals surface area contributed by atoms with Gasteiger partial charge in [0.2, 0.25) is 5.95 Å². The van der Waals surface area contributed by atoms with Crippen LogP contribution in [0, 0.1) is 20.8 Å². The summed E-state index contributed by atoms with van der Waals surface area (Å²) in [6.45, 7) is 6.31. The van der Waals surface area contributed by atoms with Crippen molar-refractivity contribution < 1.29 is 0 Å². The maximum Gasteiger partial charge on any atom is 0.207 e. The van der Waals surface area contributed by atoms with Crippen LogP contribution < -0.4 is 5.32 Å². The SMILES string of the molecule is Cc1cn(C2CC2)c(Nc2c(C)cccc2C)n1. The van der Waals surface area contributed by atoms with E-state index < -0.39 is 0 Å². The zero-order chi connectivity index (χ0) is 12.7. The number of imidazole rings is 1. The van der Waals surface area contributed by atoms with Gasteiger partial charge in [0.05, 0.1) is 5.69 Å². The van der Waals surface area contributed by atoms with E-state index in [0.29, 0.717) is 6.04 Å². The molecule has 0 radical (unpaired) electrons. The van der Waals surface area contributed by atoms with Crippen molar-refractivity contribution >= 4 is 11.6 Å². The van der Waals surface area contributed by atoms with Gasteiger partial charge in [-0.3, -0.25) is 0 Å². The highest BCUT2D eigenvalue weighted by Crippen LogP contribution is 2.38. The van der Waals surface area contributed by atoms with E-state index in [-0.39, 0.29) is 0 Å². The molecular formula is C15H19N3. The number of rotatable bonds is 3. The summed E-state index contributed by atoms with van der Waals surface area (Å²) in [4.78, 5) is 4.60. The van der Waals surface area contributed by atoms with Crippen LogP contribution in [0.3, 0.4) is 0 Å². The lowest BCUT2D eigenvalue weighted by Gasteiger charge is -2.13. The van der Waals surface area contributed by atoms with Gasteiger partial charge >= 0.3 is 0 Å². The molecule has 3 heteroatoms. The predicted molar refractivity (Wildman–Crippen MR) is 74.4 cm³/mol. The summed E-state index contributed by atoms with van der Waals surface area (Å²) >= 11 is 0. The first-order chi connectivity index (χ1) is 8.65. The summed E-state index contributed by atoms with van der Waals surface area (Å²) in [5.74, 6) is 0.979. The van der Waals surface area contributed by atoms with Crippen molar-refractivity contribution in [2.75, 3.05) is 5.32 Å². The molecule has 18 heavy (non-hydrogen) atoms. The molecule has 0 amide bonds. The Morgan fingerprint density at radius 1 is 1.17 bits per heavy atom. The summed E-state index contributed by atoms with van der Waals surface area (Å²) in [6.07, 6.45) is 4.70. The van der Waals surface area contributed by atoms with Crippen LogP contribution in [0.4, 0.5) is 11.6 Å². The molecule has 0 saturated heterocycles. The number of nitrogens with one attached hydrogen (secondary N) is 1. The van der Waals surface area contributed by atoms with Crippen LogP contribution in [0.5, 0.6) is 0 Å². The molecule has 0 bridgehead atoms. The van der Waals surface area contributed by atoms with Crippen molar-refractivity contribution in [3.8, 4) is 0 Å². The minimum absolute atomic E-state index is 0.651. The second kappa shape index (κ2) is 4.16.